The summed E-state index contributed by atoms with van der Waals surface area (Å²) in [5.41, 5.74) is 11.4. The van der Waals surface area contributed by atoms with Gasteiger partial charge in [0.1, 0.15) is 5.82 Å². The molecule has 3 atom stereocenters. The summed E-state index contributed by atoms with van der Waals surface area (Å²) in [6, 6.07) is 4.33. The van der Waals surface area contributed by atoms with E-state index < -0.39 is 11.9 Å². The van der Waals surface area contributed by atoms with Crippen molar-refractivity contribution in [1.82, 2.24) is 20.9 Å². The van der Waals surface area contributed by atoms with Crippen LogP contribution in [0.4, 0.5) is 10.1 Å². The molecule has 1 aromatic heterocycles. The number of hydrogen-bond donors (Lipinski definition) is 5. The number of aryl methyl sites for hydroxylation is 1. The highest BCUT2D eigenvalue weighted by Gasteiger charge is 2.19. The number of nitrogens with zero attached hydrogens (tertiary/aromatic N) is 2. The van der Waals surface area contributed by atoms with Crippen LogP contribution in [0.5, 0.6) is 0 Å². The average molecular weight is 571 g/mol. The number of nitrogens with one attached hydrogen (secondary N) is 3. The maximum absolute atomic E-state index is 13.6. The smallest absolute Gasteiger partial charge is 0.253 e. The average Bonchev–Trinajstić information content (AvgIpc) is 3.24. The summed E-state index contributed by atoms with van der Waals surface area (Å²) in [7, 11) is 3.30. The van der Waals surface area contributed by atoms with Gasteiger partial charge in [0.15, 0.2) is 6.29 Å². The predicted molar refractivity (Wildman–Crippen MR) is 162 cm³/mol. The van der Waals surface area contributed by atoms with Crippen LogP contribution < -0.4 is 16.5 Å². The summed E-state index contributed by atoms with van der Waals surface area (Å²) in [6.07, 6.45) is 9.84. The van der Waals surface area contributed by atoms with Gasteiger partial charge in [-0.2, -0.15) is 0 Å². The van der Waals surface area contributed by atoms with Crippen molar-refractivity contribution in [3.63, 3.8) is 0 Å². The molecule has 0 radical (unpaired) electrons. The minimum absolute atomic E-state index is 0.00550. The largest absolute Gasteiger partial charge is 0.398 e. The number of aliphatic imine (C=N–C) groups is 1. The summed E-state index contributed by atoms with van der Waals surface area (Å²) < 4.78 is 13.6. The number of halogens is 1. The summed E-state index contributed by atoms with van der Waals surface area (Å²) >= 11 is 0. The quantitative estimate of drug-likeness (QED) is 0.113. The highest BCUT2D eigenvalue weighted by molar-refractivity contribution is 6.15. The fourth-order valence-electron chi connectivity index (χ4n) is 4.27. The molecule has 0 fully saturated rings. The summed E-state index contributed by atoms with van der Waals surface area (Å²) in [4.78, 5) is 36.9. The molecule has 224 valence electrons. The van der Waals surface area contributed by atoms with E-state index in [9.17, 15) is 19.1 Å². The fourth-order valence-corrected chi connectivity index (χ4v) is 4.27. The number of H-pyrrole nitrogens is 1. The molecule has 0 saturated heterocycles. The molecule has 11 heteroatoms. The third kappa shape index (κ3) is 10.0. The molecule has 1 aromatic carbocycles. The Morgan fingerprint density at radius 3 is 2.73 bits per heavy atom. The van der Waals surface area contributed by atoms with Crippen LogP contribution in [-0.2, 0) is 9.63 Å². The maximum atomic E-state index is 13.6. The first-order valence-corrected chi connectivity index (χ1v) is 13.6. The van der Waals surface area contributed by atoms with Crippen molar-refractivity contribution < 1.29 is 23.9 Å². The van der Waals surface area contributed by atoms with E-state index in [1.54, 1.807) is 27.9 Å². The second kappa shape index (κ2) is 16.6. The van der Waals surface area contributed by atoms with Crippen LogP contribution in [0.3, 0.4) is 0 Å². The van der Waals surface area contributed by atoms with Crippen LogP contribution in [0, 0.1) is 25.6 Å². The molecule has 3 unspecified atom stereocenters. The van der Waals surface area contributed by atoms with Crippen molar-refractivity contribution in [3.8, 4) is 0 Å². The molecule has 3 rings (SSSR count). The fraction of sp³-hybridized carbons (Fsp3) is 0.433. The van der Waals surface area contributed by atoms with Crippen LogP contribution in [0.15, 0.2) is 35.3 Å². The van der Waals surface area contributed by atoms with Gasteiger partial charge in [0, 0.05) is 55.1 Å². The second-order valence-corrected chi connectivity index (χ2v) is 9.89. The molecule has 0 aliphatic carbocycles. The first-order chi connectivity index (χ1) is 19.5. The lowest BCUT2D eigenvalue weighted by molar-refractivity contribution is -0.189. The van der Waals surface area contributed by atoms with Gasteiger partial charge in [0.25, 0.3) is 5.91 Å². The predicted octanol–water partition coefficient (Wildman–Crippen LogP) is 3.61. The van der Waals surface area contributed by atoms with Gasteiger partial charge in [-0.05, 0) is 62.1 Å². The Morgan fingerprint density at radius 2 is 2.10 bits per heavy atom. The summed E-state index contributed by atoms with van der Waals surface area (Å²) in [5.74, 6) is -0.255. The number of nitrogens with two attached hydrogens (primary N) is 1. The SMILES string of the molecule is CCCC1N=CC=CC1C.CNN(C)OCC(O)CNC(=O)c1c(C)[nH]c(/C=C(\C=O)c2cc(F)ccc2N)c1C. The van der Waals surface area contributed by atoms with Gasteiger partial charge in [-0.3, -0.25) is 19.4 Å². The standard InChI is InChI=1S/C21H28FN5O4.C9H15N/c1-12-19(7-14(10-28)17-8-15(22)5-6-18(17)23)26-13(2)20(12)21(30)25-9-16(29)11-31-27(4)24-3;1-3-5-9-8(2)6-4-7-10-9/h5-8,10,16,24,26,29H,9,11,23H2,1-4H3,(H,25,30);4,6-9H,3,5H2,1-2H3/b14-7+;. The number of carbonyl (C=O) groups is 2. The van der Waals surface area contributed by atoms with E-state index in [1.807, 2.05) is 12.3 Å². The number of rotatable bonds is 12. The molecule has 1 aliphatic heterocycles. The van der Waals surface area contributed by atoms with E-state index in [2.05, 4.69) is 40.6 Å². The number of allylic oxidation sites excluding steroid dienone is 2. The zero-order chi connectivity index (χ0) is 30.5. The number of benzene rings is 1. The highest BCUT2D eigenvalue weighted by atomic mass is 19.1. The van der Waals surface area contributed by atoms with Gasteiger partial charge < -0.3 is 21.1 Å². The number of nitrogen functional groups attached to an aromatic ring is 1. The molecule has 2 aromatic rings. The number of carbonyl (C=O) groups excluding carboxylic acids is 2. The third-order valence-corrected chi connectivity index (χ3v) is 6.70. The van der Waals surface area contributed by atoms with E-state index in [0.29, 0.717) is 40.8 Å². The number of hydrogen-bond acceptors (Lipinski definition) is 8. The van der Waals surface area contributed by atoms with Crippen molar-refractivity contribution in [3.05, 3.63) is 64.2 Å². The Labute approximate surface area is 241 Å². The zero-order valence-corrected chi connectivity index (χ0v) is 24.7. The van der Waals surface area contributed by atoms with E-state index >= 15 is 0 Å². The number of hydroxylamine groups is 1. The Morgan fingerprint density at radius 1 is 1.37 bits per heavy atom. The highest BCUT2D eigenvalue weighted by Crippen LogP contribution is 2.26. The number of aldehydes is 1. The maximum Gasteiger partial charge on any atom is 0.253 e. The number of hydrazine groups is 1. The summed E-state index contributed by atoms with van der Waals surface area (Å²) in [6.45, 7) is 7.87. The third-order valence-electron chi connectivity index (χ3n) is 6.70. The number of aromatic amines is 1. The van der Waals surface area contributed by atoms with Gasteiger partial charge in [0.05, 0.1) is 24.3 Å². The molecule has 10 nitrogen and oxygen atoms in total. The molecule has 41 heavy (non-hydrogen) atoms. The topological polar surface area (TPSA) is 145 Å². The summed E-state index contributed by atoms with van der Waals surface area (Å²) in [5, 5.41) is 14.0. The Kier molecular flexibility index (Phi) is 13.6. The van der Waals surface area contributed by atoms with Crippen LogP contribution in [0.25, 0.3) is 11.6 Å². The molecule has 0 saturated carbocycles. The number of anilines is 1. The van der Waals surface area contributed by atoms with Crippen molar-refractivity contribution in [1.29, 1.82) is 0 Å². The molecule has 0 spiro atoms. The van der Waals surface area contributed by atoms with Crippen LogP contribution in [0.2, 0.25) is 0 Å². The van der Waals surface area contributed by atoms with Crippen molar-refractivity contribution in [2.45, 2.75) is 52.7 Å². The Balaban J connectivity index is 0.000000493. The van der Waals surface area contributed by atoms with E-state index in [0.717, 1.165) is 0 Å². The Hall–Kier alpha value is -3.64. The van der Waals surface area contributed by atoms with Crippen molar-refractivity contribution in [2.75, 3.05) is 33.0 Å². The van der Waals surface area contributed by atoms with Gasteiger partial charge >= 0.3 is 0 Å². The molecule has 0 bridgehead atoms. The number of aliphatic hydroxyl groups excluding tert-OH is 1. The lowest BCUT2D eigenvalue weighted by Gasteiger charge is -2.18. The molecule has 1 amide bonds. The molecule has 2 heterocycles. The molecule has 1 aliphatic rings. The minimum atomic E-state index is -0.906. The molecule has 6 N–H and O–H groups in total. The zero-order valence-electron chi connectivity index (χ0n) is 24.7. The first-order valence-electron chi connectivity index (χ1n) is 13.6. The van der Waals surface area contributed by atoms with Gasteiger partial charge in [-0.25, -0.2) is 9.82 Å². The van der Waals surface area contributed by atoms with Crippen molar-refractivity contribution in [2.24, 2.45) is 10.9 Å². The first kappa shape index (κ1) is 33.6. The van der Waals surface area contributed by atoms with Gasteiger partial charge in [-0.15, -0.1) is 5.17 Å². The second-order valence-electron chi connectivity index (χ2n) is 9.89. The lowest BCUT2D eigenvalue weighted by Crippen LogP contribution is -2.39. The normalized spacial score (nSPS) is 17.2. The van der Waals surface area contributed by atoms with Crippen LogP contribution in [-0.4, -0.2) is 73.1 Å². The monoisotopic (exact) mass is 570 g/mol. The van der Waals surface area contributed by atoms with Crippen LogP contribution in [0.1, 0.15) is 59.6 Å². The van der Waals surface area contributed by atoms with Gasteiger partial charge in [0.2, 0.25) is 0 Å². The number of aliphatic hydroxyl groups is 1. The number of aromatic nitrogens is 1. The number of amides is 1. The number of dihydropyridines is 1. The molecular weight excluding hydrogens is 527 g/mol. The van der Waals surface area contributed by atoms with Gasteiger partial charge in [-0.1, -0.05) is 26.3 Å². The van der Waals surface area contributed by atoms with Crippen LogP contribution >= 0.6 is 0 Å². The minimum Gasteiger partial charge on any atom is -0.398 e. The Bertz CT molecular complexity index is 1260. The van der Waals surface area contributed by atoms with E-state index in [4.69, 9.17) is 10.6 Å². The van der Waals surface area contributed by atoms with E-state index in [1.165, 1.54) is 42.3 Å². The lowest BCUT2D eigenvalue weighted by atomic mass is 9.96. The molecular formula is C30H43FN6O4. The van der Waals surface area contributed by atoms with Crippen molar-refractivity contribution >= 4 is 35.7 Å². The van der Waals surface area contributed by atoms with E-state index in [-0.39, 0.29) is 35.9 Å².